The minimum absolute atomic E-state index is 0.0237. The molecule has 1 amide bonds. The molecule has 0 aliphatic carbocycles. The van der Waals surface area contributed by atoms with Crippen LogP contribution >= 0.6 is 15.9 Å². The van der Waals surface area contributed by atoms with Gasteiger partial charge in [-0.25, -0.2) is 0 Å². The van der Waals surface area contributed by atoms with Gasteiger partial charge in [-0.3, -0.25) is 4.79 Å². The summed E-state index contributed by atoms with van der Waals surface area (Å²) in [5, 5.41) is 11.5. The van der Waals surface area contributed by atoms with Gasteiger partial charge in [-0.1, -0.05) is 34.1 Å². The SMILES string of the molecule is O=C(COc1ccc(-c2nnc3n2CCCC3)cc1)NCc1ccccc1Br. The largest absolute Gasteiger partial charge is 0.484 e. The number of aromatic nitrogens is 3. The van der Waals surface area contributed by atoms with E-state index in [1.165, 1.54) is 6.42 Å². The normalized spacial score (nSPS) is 13.0. The lowest BCUT2D eigenvalue weighted by Gasteiger charge is -2.14. The van der Waals surface area contributed by atoms with Crippen LogP contribution in [0.15, 0.2) is 53.0 Å². The Hall–Kier alpha value is -2.67. The number of halogens is 1. The zero-order valence-electron chi connectivity index (χ0n) is 15.4. The van der Waals surface area contributed by atoms with Crippen LogP contribution in [0.3, 0.4) is 0 Å². The van der Waals surface area contributed by atoms with Crippen molar-refractivity contribution in [2.75, 3.05) is 6.61 Å². The summed E-state index contributed by atoms with van der Waals surface area (Å²) in [6, 6.07) is 15.4. The molecule has 6 nitrogen and oxygen atoms in total. The quantitative estimate of drug-likeness (QED) is 0.633. The first-order valence-electron chi connectivity index (χ1n) is 9.36. The van der Waals surface area contributed by atoms with Crippen LogP contribution in [0.25, 0.3) is 11.4 Å². The lowest BCUT2D eigenvalue weighted by molar-refractivity contribution is -0.123. The third-order valence-corrected chi connectivity index (χ3v) is 5.55. The van der Waals surface area contributed by atoms with Gasteiger partial charge in [0.15, 0.2) is 12.4 Å². The molecular weight excluding hydrogens is 420 g/mol. The van der Waals surface area contributed by atoms with E-state index in [-0.39, 0.29) is 12.5 Å². The molecule has 7 heteroatoms. The number of hydrogen-bond acceptors (Lipinski definition) is 4. The molecular formula is C21H21BrN4O2. The first kappa shape index (κ1) is 18.7. The Balaban J connectivity index is 1.32. The molecule has 4 rings (SSSR count). The van der Waals surface area contributed by atoms with Gasteiger partial charge in [0.25, 0.3) is 5.91 Å². The van der Waals surface area contributed by atoms with E-state index in [0.717, 1.165) is 46.6 Å². The van der Waals surface area contributed by atoms with Crippen molar-refractivity contribution in [2.24, 2.45) is 0 Å². The van der Waals surface area contributed by atoms with Gasteiger partial charge in [0.05, 0.1) is 0 Å². The van der Waals surface area contributed by atoms with E-state index in [1.54, 1.807) is 0 Å². The van der Waals surface area contributed by atoms with E-state index in [1.807, 2.05) is 48.5 Å². The summed E-state index contributed by atoms with van der Waals surface area (Å²) in [5.41, 5.74) is 2.03. The van der Waals surface area contributed by atoms with Crippen molar-refractivity contribution >= 4 is 21.8 Å². The van der Waals surface area contributed by atoms with Gasteiger partial charge >= 0.3 is 0 Å². The predicted molar refractivity (Wildman–Crippen MR) is 110 cm³/mol. The minimum Gasteiger partial charge on any atom is -0.484 e. The fraction of sp³-hybridized carbons (Fsp3) is 0.286. The van der Waals surface area contributed by atoms with Crippen LogP contribution in [0, 0.1) is 0 Å². The minimum atomic E-state index is -0.161. The second kappa shape index (κ2) is 8.56. The zero-order valence-corrected chi connectivity index (χ0v) is 17.0. The van der Waals surface area contributed by atoms with Crippen molar-refractivity contribution in [3.8, 4) is 17.1 Å². The summed E-state index contributed by atoms with van der Waals surface area (Å²) < 4.78 is 8.77. The molecule has 0 atom stereocenters. The zero-order chi connectivity index (χ0) is 19.3. The number of ether oxygens (including phenoxy) is 1. The van der Waals surface area contributed by atoms with Gasteiger partial charge in [-0.15, -0.1) is 10.2 Å². The maximum Gasteiger partial charge on any atom is 0.258 e. The van der Waals surface area contributed by atoms with Crippen LogP contribution in [0.2, 0.25) is 0 Å². The summed E-state index contributed by atoms with van der Waals surface area (Å²) in [6.07, 6.45) is 3.32. The molecule has 1 aromatic heterocycles. The van der Waals surface area contributed by atoms with E-state index in [0.29, 0.717) is 12.3 Å². The molecule has 0 radical (unpaired) electrons. The number of nitrogens with one attached hydrogen (secondary N) is 1. The maximum atomic E-state index is 12.0. The fourth-order valence-electron chi connectivity index (χ4n) is 3.26. The summed E-state index contributed by atoms with van der Waals surface area (Å²) in [6.45, 7) is 1.40. The van der Waals surface area contributed by atoms with Crippen molar-refractivity contribution < 1.29 is 9.53 Å². The average Bonchev–Trinajstić information content (AvgIpc) is 3.16. The number of hydrogen-bond donors (Lipinski definition) is 1. The first-order valence-corrected chi connectivity index (χ1v) is 10.2. The van der Waals surface area contributed by atoms with Crippen LogP contribution in [0.4, 0.5) is 0 Å². The summed E-state index contributed by atoms with van der Waals surface area (Å²) in [5.74, 6) is 2.44. The fourth-order valence-corrected chi connectivity index (χ4v) is 3.68. The smallest absolute Gasteiger partial charge is 0.258 e. The van der Waals surface area contributed by atoms with Crippen molar-refractivity contribution in [1.82, 2.24) is 20.1 Å². The van der Waals surface area contributed by atoms with E-state index >= 15 is 0 Å². The molecule has 0 spiro atoms. The van der Waals surface area contributed by atoms with E-state index in [2.05, 4.69) is 36.0 Å². The highest BCUT2D eigenvalue weighted by molar-refractivity contribution is 9.10. The Morgan fingerprint density at radius 2 is 1.93 bits per heavy atom. The molecule has 28 heavy (non-hydrogen) atoms. The highest BCUT2D eigenvalue weighted by atomic mass is 79.9. The lowest BCUT2D eigenvalue weighted by Crippen LogP contribution is -2.28. The van der Waals surface area contributed by atoms with Crippen LogP contribution in [-0.2, 0) is 24.3 Å². The Kier molecular flexibility index (Phi) is 5.71. The number of nitrogens with zero attached hydrogens (tertiary/aromatic N) is 3. The Morgan fingerprint density at radius 3 is 2.75 bits per heavy atom. The molecule has 0 unspecified atom stereocenters. The van der Waals surface area contributed by atoms with Crippen LogP contribution in [-0.4, -0.2) is 27.3 Å². The Labute approximate surface area is 172 Å². The second-order valence-corrected chi connectivity index (χ2v) is 7.58. The van der Waals surface area contributed by atoms with Gasteiger partial charge < -0.3 is 14.6 Å². The molecule has 3 aromatic rings. The number of benzene rings is 2. The van der Waals surface area contributed by atoms with Gasteiger partial charge in [0, 0.05) is 29.5 Å². The van der Waals surface area contributed by atoms with Crippen LogP contribution < -0.4 is 10.1 Å². The highest BCUT2D eigenvalue weighted by Gasteiger charge is 2.16. The molecule has 0 bridgehead atoms. The molecule has 2 heterocycles. The maximum absolute atomic E-state index is 12.0. The Bertz CT molecular complexity index is 969. The molecule has 1 aliphatic rings. The first-order chi connectivity index (χ1) is 13.7. The lowest BCUT2D eigenvalue weighted by atomic mass is 10.1. The van der Waals surface area contributed by atoms with Gasteiger partial charge in [0.2, 0.25) is 0 Å². The second-order valence-electron chi connectivity index (χ2n) is 6.73. The molecule has 2 aromatic carbocycles. The van der Waals surface area contributed by atoms with E-state index in [4.69, 9.17) is 4.74 Å². The average molecular weight is 441 g/mol. The van der Waals surface area contributed by atoms with Crippen molar-refractivity contribution in [1.29, 1.82) is 0 Å². The monoisotopic (exact) mass is 440 g/mol. The standard InChI is InChI=1S/C21H21BrN4O2/c22-18-6-2-1-5-16(18)13-23-20(27)14-28-17-10-8-15(9-11-17)21-25-24-19-7-3-4-12-26(19)21/h1-2,5-6,8-11H,3-4,7,12-14H2,(H,23,27). The van der Waals surface area contributed by atoms with Crippen molar-refractivity contribution in [3.05, 3.63) is 64.4 Å². The van der Waals surface area contributed by atoms with E-state index < -0.39 is 0 Å². The number of carbonyl (C=O) groups is 1. The van der Waals surface area contributed by atoms with Gasteiger partial charge in [-0.2, -0.15) is 0 Å². The molecule has 1 aliphatic heterocycles. The molecule has 0 fully saturated rings. The number of aryl methyl sites for hydroxylation is 1. The molecule has 0 saturated carbocycles. The topological polar surface area (TPSA) is 69.0 Å². The van der Waals surface area contributed by atoms with Gasteiger partial charge in [-0.05, 0) is 48.7 Å². The van der Waals surface area contributed by atoms with Gasteiger partial charge in [0.1, 0.15) is 11.6 Å². The predicted octanol–water partition coefficient (Wildman–Crippen LogP) is 3.74. The van der Waals surface area contributed by atoms with Crippen molar-refractivity contribution in [2.45, 2.75) is 32.4 Å². The van der Waals surface area contributed by atoms with Crippen LogP contribution in [0.5, 0.6) is 5.75 Å². The summed E-state index contributed by atoms with van der Waals surface area (Å²) in [7, 11) is 0. The van der Waals surface area contributed by atoms with Crippen molar-refractivity contribution in [3.63, 3.8) is 0 Å². The summed E-state index contributed by atoms with van der Waals surface area (Å²) >= 11 is 3.47. The number of rotatable bonds is 6. The molecule has 0 saturated heterocycles. The number of fused-ring (bicyclic) bond motifs is 1. The third-order valence-electron chi connectivity index (χ3n) is 4.78. The third kappa shape index (κ3) is 4.25. The Morgan fingerprint density at radius 1 is 1.11 bits per heavy atom. The number of amides is 1. The molecule has 1 N–H and O–H groups in total. The summed E-state index contributed by atoms with van der Waals surface area (Å²) in [4.78, 5) is 12.0. The van der Waals surface area contributed by atoms with Crippen LogP contribution in [0.1, 0.15) is 24.2 Å². The highest BCUT2D eigenvalue weighted by Crippen LogP contribution is 2.24. The van der Waals surface area contributed by atoms with E-state index in [9.17, 15) is 4.79 Å². The molecule has 144 valence electrons. The number of carbonyl (C=O) groups excluding carboxylic acids is 1.